The molecule has 7 nitrogen and oxygen atoms in total. The zero-order valence-electron chi connectivity index (χ0n) is 23.4. The molecule has 1 aromatic heterocycles. The van der Waals surface area contributed by atoms with Crippen molar-refractivity contribution in [1.29, 1.82) is 0 Å². The maximum absolute atomic E-state index is 14.6. The van der Waals surface area contributed by atoms with Crippen LogP contribution in [-0.2, 0) is 11.3 Å². The molecule has 1 heterocycles. The van der Waals surface area contributed by atoms with Gasteiger partial charge in [-0.15, -0.1) is 0 Å². The maximum Gasteiger partial charge on any atom is 0.305 e. The minimum atomic E-state index is -1.22. The van der Waals surface area contributed by atoms with E-state index in [4.69, 9.17) is 5.11 Å². The number of carboxylic acids is 1. The standard InChI is InChI=1S/C33H34F2N2O5/c1-20(2)31-30(33(42)36-27-11-7-6-10-26(27)35)29(21-8-4-3-5-9-21)32(22-12-14-23(34)15-13-22)37(31)17-16-24(38)18-25(39)19-28(40)41/h3-15,20,24-25,38-39H,16-19H2,1-2H3,(H,36,42)(H,40,41)/t24-,25-/m1/s1. The predicted molar refractivity (Wildman–Crippen MR) is 157 cm³/mol. The Hall–Kier alpha value is -4.34. The Balaban J connectivity index is 1.91. The van der Waals surface area contributed by atoms with Crippen LogP contribution < -0.4 is 5.32 Å². The lowest BCUT2D eigenvalue weighted by molar-refractivity contribution is -0.139. The molecule has 42 heavy (non-hydrogen) atoms. The Morgan fingerprint density at radius 2 is 1.50 bits per heavy atom. The molecule has 0 aliphatic heterocycles. The van der Waals surface area contributed by atoms with Gasteiger partial charge in [0.25, 0.3) is 5.91 Å². The van der Waals surface area contributed by atoms with Gasteiger partial charge in [0.1, 0.15) is 11.6 Å². The number of carbonyl (C=O) groups is 2. The number of carboxylic acid groups (broad SMARTS) is 1. The van der Waals surface area contributed by atoms with Crippen LogP contribution in [0.5, 0.6) is 0 Å². The van der Waals surface area contributed by atoms with E-state index in [9.17, 15) is 28.6 Å². The molecule has 1 amide bonds. The summed E-state index contributed by atoms with van der Waals surface area (Å²) in [5.41, 5.74) is 3.49. The molecular weight excluding hydrogens is 542 g/mol. The molecule has 9 heteroatoms. The number of benzene rings is 3. The lowest BCUT2D eigenvalue weighted by Gasteiger charge is -2.20. The summed E-state index contributed by atoms with van der Waals surface area (Å²) in [6.45, 7) is 4.04. The number of halogens is 2. The van der Waals surface area contributed by atoms with Crippen LogP contribution in [0, 0.1) is 11.6 Å². The van der Waals surface area contributed by atoms with E-state index in [1.807, 2.05) is 48.7 Å². The molecule has 0 spiro atoms. The van der Waals surface area contributed by atoms with Gasteiger partial charge < -0.3 is 25.2 Å². The summed E-state index contributed by atoms with van der Waals surface area (Å²) in [5.74, 6) is -2.92. The SMILES string of the molecule is CC(C)c1c(C(=O)Nc2ccccc2F)c(-c2ccccc2)c(-c2ccc(F)cc2)n1CC[C@@H](O)C[C@@H](O)CC(=O)O. The van der Waals surface area contributed by atoms with Gasteiger partial charge in [-0.3, -0.25) is 9.59 Å². The number of hydrogen-bond acceptors (Lipinski definition) is 4. The first-order chi connectivity index (χ1) is 20.1. The summed E-state index contributed by atoms with van der Waals surface area (Å²) in [6, 6.07) is 21.0. The predicted octanol–water partition coefficient (Wildman–Crippen LogP) is 6.45. The second-order valence-electron chi connectivity index (χ2n) is 10.5. The van der Waals surface area contributed by atoms with Gasteiger partial charge in [0, 0.05) is 17.8 Å². The van der Waals surface area contributed by atoms with Crippen molar-refractivity contribution in [2.45, 2.75) is 57.8 Å². The largest absolute Gasteiger partial charge is 0.481 e. The highest BCUT2D eigenvalue weighted by Crippen LogP contribution is 2.42. The van der Waals surface area contributed by atoms with Crippen LogP contribution in [0.15, 0.2) is 78.9 Å². The molecule has 0 saturated carbocycles. The molecule has 0 fully saturated rings. The normalized spacial score (nSPS) is 12.7. The van der Waals surface area contributed by atoms with E-state index >= 15 is 0 Å². The van der Waals surface area contributed by atoms with Crippen molar-refractivity contribution in [3.63, 3.8) is 0 Å². The fraction of sp³-hybridized carbons (Fsp3) is 0.273. The van der Waals surface area contributed by atoms with E-state index in [-0.39, 0.29) is 31.0 Å². The molecule has 3 aromatic carbocycles. The molecule has 0 saturated heterocycles. The van der Waals surface area contributed by atoms with Crippen LogP contribution in [0.25, 0.3) is 22.4 Å². The van der Waals surface area contributed by atoms with Crippen LogP contribution in [0.1, 0.15) is 55.1 Å². The molecule has 4 N–H and O–H groups in total. The van der Waals surface area contributed by atoms with Gasteiger partial charge in [-0.05, 0) is 66.3 Å². The number of para-hydroxylation sites is 1. The number of hydrogen-bond donors (Lipinski definition) is 4. The molecule has 2 atom stereocenters. The monoisotopic (exact) mass is 576 g/mol. The first-order valence-electron chi connectivity index (χ1n) is 13.8. The number of aromatic nitrogens is 1. The van der Waals surface area contributed by atoms with Gasteiger partial charge in [0.05, 0.1) is 35.6 Å². The number of aliphatic hydroxyl groups is 2. The highest BCUT2D eigenvalue weighted by atomic mass is 19.1. The van der Waals surface area contributed by atoms with Gasteiger partial charge in [0.2, 0.25) is 0 Å². The molecular formula is C33H34F2N2O5. The summed E-state index contributed by atoms with van der Waals surface area (Å²) in [5, 5.41) is 32.4. The molecule has 220 valence electrons. The lowest BCUT2D eigenvalue weighted by Crippen LogP contribution is -2.22. The number of rotatable bonds is 12. The van der Waals surface area contributed by atoms with Gasteiger partial charge in [-0.2, -0.15) is 0 Å². The maximum atomic E-state index is 14.6. The average molecular weight is 577 g/mol. The van der Waals surface area contributed by atoms with E-state index in [1.165, 1.54) is 30.3 Å². The summed E-state index contributed by atoms with van der Waals surface area (Å²) >= 11 is 0. The molecule has 0 aliphatic carbocycles. The van der Waals surface area contributed by atoms with Crippen molar-refractivity contribution in [3.05, 3.63) is 102 Å². The fourth-order valence-corrected chi connectivity index (χ4v) is 5.24. The smallest absolute Gasteiger partial charge is 0.305 e. The van der Waals surface area contributed by atoms with Crippen molar-refractivity contribution < 1.29 is 33.7 Å². The minimum absolute atomic E-state index is 0.0233. The lowest BCUT2D eigenvalue weighted by atomic mass is 9.94. The summed E-state index contributed by atoms with van der Waals surface area (Å²) in [4.78, 5) is 25.0. The van der Waals surface area contributed by atoms with Gasteiger partial charge in [0.15, 0.2) is 0 Å². The van der Waals surface area contributed by atoms with E-state index in [0.717, 1.165) is 0 Å². The number of aliphatic hydroxyl groups excluding tert-OH is 2. The number of nitrogens with one attached hydrogen (secondary N) is 1. The van der Waals surface area contributed by atoms with Crippen molar-refractivity contribution in [1.82, 2.24) is 4.57 Å². The second-order valence-corrected chi connectivity index (χ2v) is 10.5. The van der Waals surface area contributed by atoms with E-state index < -0.39 is 42.1 Å². The van der Waals surface area contributed by atoms with Gasteiger partial charge in [-0.25, -0.2) is 8.78 Å². The van der Waals surface area contributed by atoms with Crippen LogP contribution in [0.2, 0.25) is 0 Å². The quantitative estimate of drug-likeness (QED) is 0.155. The Labute approximate surface area is 243 Å². The summed E-state index contributed by atoms with van der Waals surface area (Å²) in [7, 11) is 0. The molecule has 4 aromatic rings. The number of aliphatic carboxylic acids is 1. The Bertz CT molecular complexity index is 1530. The topological polar surface area (TPSA) is 112 Å². The summed E-state index contributed by atoms with van der Waals surface area (Å²) in [6.07, 6.45) is -2.73. The van der Waals surface area contributed by atoms with Crippen molar-refractivity contribution in [2.24, 2.45) is 0 Å². The highest BCUT2D eigenvalue weighted by molar-refractivity contribution is 6.12. The van der Waals surface area contributed by atoms with Crippen LogP contribution in [-0.4, -0.2) is 44.0 Å². The number of carbonyl (C=O) groups excluding carboxylic acids is 1. The van der Waals surface area contributed by atoms with Crippen LogP contribution in [0.3, 0.4) is 0 Å². The van der Waals surface area contributed by atoms with Crippen molar-refractivity contribution in [3.8, 4) is 22.4 Å². The molecule has 0 bridgehead atoms. The van der Waals surface area contributed by atoms with Crippen molar-refractivity contribution >= 4 is 17.6 Å². The molecule has 0 radical (unpaired) electrons. The van der Waals surface area contributed by atoms with E-state index in [0.29, 0.717) is 33.6 Å². The highest BCUT2D eigenvalue weighted by Gasteiger charge is 2.31. The number of nitrogens with zero attached hydrogens (tertiary/aromatic N) is 1. The average Bonchev–Trinajstić information content (AvgIpc) is 3.29. The third kappa shape index (κ3) is 7.10. The summed E-state index contributed by atoms with van der Waals surface area (Å²) < 4.78 is 30.5. The number of anilines is 1. The van der Waals surface area contributed by atoms with Crippen LogP contribution >= 0.6 is 0 Å². The second kappa shape index (κ2) is 13.5. The van der Waals surface area contributed by atoms with Gasteiger partial charge in [-0.1, -0.05) is 56.3 Å². The van der Waals surface area contributed by atoms with E-state index in [2.05, 4.69) is 5.32 Å². The molecule has 4 rings (SSSR count). The first kappa shape index (κ1) is 30.6. The molecule has 0 unspecified atom stereocenters. The first-order valence-corrected chi connectivity index (χ1v) is 13.8. The van der Waals surface area contributed by atoms with Crippen LogP contribution in [0.4, 0.5) is 14.5 Å². The Kier molecular flexibility index (Phi) is 9.88. The third-order valence-corrected chi connectivity index (χ3v) is 7.02. The third-order valence-electron chi connectivity index (χ3n) is 7.02. The molecule has 0 aliphatic rings. The van der Waals surface area contributed by atoms with Gasteiger partial charge >= 0.3 is 5.97 Å². The Morgan fingerprint density at radius 3 is 2.12 bits per heavy atom. The Morgan fingerprint density at radius 1 is 0.857 bits per heavy atom. The fourth-order valence-electron chi connectivity index (χ4n) is 5.24. The zero-order chi connectivity index (χ0) is 30.4. The van der Waals surface area contributed by atoms with Crippen molar-refractivity contribution in [2.75, 3.05) is 5.32 Å². The zero-order valence-corrected chi connectivity index (χ0v) is 23.4. The van der Waals surface area contributed by atoms with E-state index in [1.54, 1.807) is 18.2 Å². The minimum Gasteiger partial charge on any atom is -0.481 e. The number of amides is 1.